The van der Waals surface area contributed by atoms with Crippen LogP contribution in [0.25, 0.3) is 0 Å². The summed E-state index contributed by atoms with van der Waals surface area (Å²) in [7, 11) is 0. The molecule has 0 bridgehead atoms. The maximum atomic E-state index is 13.1. The van der Waals surface area contributed by atoms with Crippen molar-refractivity contribution in [1.29, 1.82) is 0 Å². The van der Waals surface area contributed by atoms with E-state index in [0.29, 0.717) is 5.91 Å². The van der Waals surface area contributed by atoms with Crippen LogP contribution in [0, 0.1) is 5.92 Å². The van der Waals surface area contributed by atoms with Crippen LogP contribution in [0.5, 0.6) is 11.5 Å². The third-order valence-corrected chi connectivity index (χ3v) is 6.66. The monoisotopic (exact) mass is 426 g/mol. The summed E-state index contributed by atoms with van der Waals surface area (Å²) in [6.07, 6.45) is 2.86. The highest BCUT2D eigenvalue weighted by atomic mass is 16.5. The largest absolute Gasteiger partial charge is 0.457 e. The fourth-order valence-electron chi connectivity index (χ4n) is 4.87. The van der Waals surface area contributed by atoms with E-state index in [1.807, 2.05) is 36.4 Å². The molecule has 5 rings (SSSR count). The molecule has 2 aliphatic heterocycles. The van der Waals surface area contributed by atoms with Crippen molar-refractivity contribution >= 4 is 5.91 Å². The lowest BCUT2D eigenvalue weighted by molar-refractivity contribution is -0.138. The first-order valence-corrected chi connectivity index (χ1v) is 11.6. The molecule has 2 heterocycles. The standard InChI is InChI=1S/C28H30N2O2/c31-28(30-18-15-23-8-4-5-9-25(23)21-30)24-13-16-29(17-14-24)20-22-7-6-12-27(19-22)32-26-10-2-1-3-11-26/h1-12,19,24H,13-18,20-21H2. The Labute approximate surface area is 190 Å². The predicted molar refractivity (Wildman–Crippen MR) is 127 cm³/mol. The Bertz CT molecular complexity index is 1060. The van der Waals surface area contributed by atoms with Crippen molar-refractivity contribution in [1.82, 2.24) is 9.80 Å². The van der Waals surface area contributed by atoms with Gasteiger partial charge in [-0.3, -0.25) is 9.69 Å². The van der Waals surface area contributed by atoms with Crippen LogP contribution in [-0.2, 0) is 24.3 Å². The average molecular weight is 427 g/mol. The van der Waals surface area contributed by atoms with Crippen LogP contribution >= 0.6 is 0 Å². The van der Waals surface area contributed by atoms with Gasteiger partial charge in [-0.1, -0.05) is 54.6 Å². The van der Waals surface area contributed by atoms with Gasteiger partial charge in [-0.2, -0.15) is 0 Å². The summed E-state index contributed by atoms with van der Waals surface area (Å²) in [5.41, 5.74) is 3.95. The second-order valence-electron chi connectivity index (χ2n) is 8.89. The van der Waals surface area contributed by atoms with E-state index >= 15 is 0 Å². The second-order valence-corrected chi connectivity index (χ2v) is 8.89. The molecular weight excluding hydrogens is 396 g/mol. The first-order chi connectivity index (χ1) is 15.7. The lowest BCUT2D eigenvalue weighted by Crippen LogP contribution is -2.44. The number of piperidine rings is 1. The third kappa shape index (κ3) is 4.86. The predicted octanol–water partition coefficient (Wildman–Crippen LogP) is 5.28. The second kappa shape index (κ2) is 9.58. The number of hydrogen-bond acceptors (Lipinski definition) is 3. The number of likely N-dealkylation sites (tertiary alicyclic amines) is 1. The molecule has 0 spiro atoms. The maximum Gasteiger partial charge on any atom is 0.226 e. The minimum atomic E-state index is 0.157. The van der Waals surface area contributed by atoms with Gasteiger partial charge in [0.2, 0.25) is 5.91 Å². The van der Waals surface area contributed by atoms with Gasteiger partial charge < -0.3 is 9.64 Å². The summed E-state index contributed by atoms with van der Waals surface area (Å²) < 4.78 is 5.98. The fourth-order valence-corrected chi connectivity index (χ4v) is 4.87. The Kier molecular flexibility index (Phi) is 6.22. The average Bonchev–Trinajstić information content (AvgIpc) is 2.85. The minimum absolute atomic E-state index is 0.157. The van der Waals surface area contributed by atoms with Gasteiger partial charge in [0, 0.05) is 25.6 Å². The van der Waals surface area contributed by atoms with Crippen LogP contribution < -0.4 is 4.74 Å². The van der Waals surface area contributed by atoms with Crippen molar-refractivity contribution in [3.05, 3.63) is 95.6 Å². The zero-order valence-corrected chi connectivity index (χ0v) is 18.5. The first kappa shape index (κ1) is 20.8. The highest BCUT2D eigenvalue weighted by molar-refractivity contribution is 5.79. The van der Waals surface area contributed by atoms with Crippen LogP contribution in [0.1, 0.15) is 29.5 Å². The van der Waals surface area contributed by atoms with Gasteiger partial charge in [0.05, 0.1) is 0 Å². The number of amides is 1. The minimum Gasteiger partial charge on any atom is -0.457 e. The summed E-state index contributed by atoms with van der Waals surface area (Å²) in [5, 5.41) is 0. The molecular formula is C28H30N2O2. The molecule has 1 saturated heterocycles. The van der Waals surface area contributed by atoms with E-state index in [-0.39, 0.29) is 5.92 Å². The van der Waals surface area contributed by atoms with Gasteiger partial charge in [-0.15, -0.1) is 0 Å². The summed E-state index contributed by atoms with van der Waals surface area (Å²) in [4.78, 5) is 17.7. The van der Waals surface area contributed by atoms with E-state index in [2.05, 4.69) is 52.3 Å². The van der Waals surface area contributed by atoms with E-state index in [0.717, 1.165) is 63.5 Å². The number of ether oxygens (including phenoxy) is 1. The Balaban J connectivity index is 1.14. The summed E-state index contributed by atoms with van der Waals surface area (Å²) in [6.45, 7) is 4.44. The van der Waals surface area contributed by atoms with Crippen LogP contribution in [-0.4, -0.2) is 35.3 Å². The van der Waals surface area contributed by atoms with Crippen LogP contribution in [0.15, 0.2) is 78.9 Å². The molecule has 164 valence electrons. The van der Waals surface area contributed by atoms with E-state index in [4.69, 9.17) is 4.74 Å². The fraction of sp³-hybridized carbons (Fsp3) is 0.321. The molecule has 0 aromatic heterocycles. The van der Waals surface area contributed by atoms with Gasteiger partial charge in [0.25, 0.3) is 0 Å². The molecule has 0 N–H and O–H groups in total. The van der Waals surface area contributed by atoms with E-state index < -0.39 is 0 Å². The molecule has 4 nitrogen and oxygen atoms in total. The molecule has 32 heavy (non-hydrogen) atoms. The van der Waals surface area contributed by atoms with Gasteiger partial charge in [-0.25, -0.2) is 0 Å². The van der Waals surface area contributed by atoms with Crippen molar-refractivity contribution in [2.75, 3.05) is 19.6 Å². The van der Waals surface area contributed by atoms with Crippen LogP contribution in [0.2, 0.25) is 0 Å². The van der Waals surface area contributed by atoms with Gasteiger partial charge in [-0.05, 0) is 73.3 Å². The lowest BCUT2D eigenvalue weighted by atomic mass is 9.93. The van der Waals surface area contributed by atoms with E-state index in [9.17, 15) is 4.79 Å². The number of rotatable bonds is 5. The molecule has 1 amide bonds. The number of para-hydroxylation sites is 1. The quantitative estimate of drug-likeness (QED) is 0.557. The number of carbonyl (C=O) groups excluding carboxylic acids is 1. The smallest absolute Gasteiger partial charge is 0.226 e. The van der Waals surface area contributed by atoms with Crippen molar-refractivity contribution in [3.63, 3.8) is 0 Å². The van der Waals surface area contributed by atoms with Crippen molar-refractivity contribution in [2.45, 2.75) is 32.4 Å². The topological polar surface area (TPSA) is 32.8 Å². The van der Waals surface area contributed by atoms with Crippen molar-refractivity contribution in [3.8, 4) is 11.5 Å². The lowest BCUT2D eigenvalue weighted by Gasteiger charge is -2.36. The van der Waals surface area contributed by atoms with Gasteiger partial charge in [0.15, 0.2) is 0 Å². The maximum absolute atomic E-state index is 13.1. The SMILES string of the molecule is O=C(C1CCN(Cc2cccc(Oc3ccccc3)c2)CC1)N1CCc2ccccc2C1. The Morgan fingerprint density at radius 3 is 2.34 bits per heavy atom. The molecule has 0 unspecified atom stereocenters. The van der Waals surface area contributed by atoms with Crippen molar-refractivity contribution < 1.29 is 9.53 Å². The van der Waals surface area contributed by atoms with Crippen molar-refractivity contribution in [2.24, 2.45) is 5.92 Å². The summed E-state index contributed by atoms with van der Waals surface area (Å²) >= 11 is 0. The zero-order chi connectivity index (χ0) is 21.8. The van der Waals surface area contributed by atoms with Gasteiger partial charge in [0.1, 0.15) is 11.5 Å². The molecule has 4 heteroatoms. The summed E-state index contributed by atoms with van der Waals surface area (Å²) in [5.74, 6) is 2.22. The molecule has 3 aromatic carbocycles. The molecule has 0 saturated carbocycles. The number of fused-ring (bicyclic) bond motifs is 1. The number of hydrogen-bond donors (Lipinski definition) is 0. The van der Waals surface area contributed by atoms with E-state index in [1.54, 1.807) is 0 Å². The van der Waals surface area contributed by atoms with E-state index in [1.165, 1.54) is 16.7 Å². The molecule has 0 radical (unpaired) electrons. The number of benzene rings is 3. The highest BCUT2D eigenvalue weighted by Crippen LogP contribution is 2.27. The van der Waals surface area contributed by atoms with Crippen LogP contribution in [0.3, 0.4) is 0 Å². The Morgan fingerprint density at radius 2 is 1.53 bits per heavy atom. The number of nitrogens with zero attached hydrogens (tertiary/aromatic N) is 2. The summed E-state index contributed by atoms with van der Waals surface area (Å²) in [6, 6.07) is 26.7. The third-order valence-electron chi connectivity index (χ3n) is 6.66. The first-order valence-electron chi connectivity index (χ1n) is 11.6. The Hall–Kier alpha value is -3.11. The highest BCUT2D eigenvalue weighted by Gasteiger charge is 2.30. The van der Waals surface area contributed by atoms with Crippen LogP contribution in [0.4, 0.5) is 0 Å². The zero-order valence-electron chi connectivity index (χ0n) is 18.5. The number of carbonyl (C=O) groups is 1. The molecule has 2 aliphatic rings. The van der Waals surface area contributed by atoms with Gasteiger partial charge >= 0.3 is 0 Å². The molecule has 0 atom stereocenters. The molecule has 3 aromatic rings. The Morgan fingerprint density at radius 1 is 0.812 bits per heavy atom. The molecule has 1 fully saturated rings. The normalized spacial score (nSPS) is 17.1. The molecule has 0 aliphatic carbocycles.